The third-order valence-electron chi connectivity index (χ3n) is 6.29. The molecule has 4 atom stereocenters. The van der Waals surface area contributed by atoms with Crippen molar-refractivity contribution in [2.24, 2.45) is 30.7 Å². The molecule has 1 heterocycles. The lowest BCUT2D eigenvalue weighted by molar-refractivity contribution is -0.674. The molecule has 0 N–H and O–H groups in total. The highest BCUT2D eigenvalue weighted by atomic mass is 14.9. The number of hydrogen-bond donors (Lipinski definition) is 0. The highest BCUT2D eigenvalue weighted by molar-refractivity contribution is 5.77. The van der Waals surface area contributed by atoms with Crippen molar-refractivity contribution in [1.29, 1.82) is 0 Å². The molecule has 0 saturated heterocycles. The first-order chi connectivity index (χ1) is 10.0. The summed E-state index contributed by atoms with van der Waals surface area (Å²) in [5.74, 6) is 3.57. The SMILES string of the molecule is CC1=CC2C3CCC(C3)C2C=C1c1cc(C)c(C)c[n+]1C. The Balaban J connectivity index is 1.79. The molecule has 110 valence electrons. The molecule has 0 amide bonds. The first-order valence-corrected chi connectivity index (χ1v) is 8.42. The minimum atomic E-state index is 0.809. The standard InChI is InChI=1S/C20H26N/c1-12-8-20(21(4)11-14(12)3)17-10-19-16-6-5-15(9-16)18(19)7-13(17)2/h7-8,10-11,15-16,18-19H,5-6,9H2,1-4H3/q+1. The summed E-state index contributed by atoms with van der Waals surface area (Å²) in [5.41, 5.74) is 7.12. The predicted molar refractivity (Wildman–Crippen MR) is 86.6 cm³/mol. The monoisotopic (exact) mass is 280 g/mol. The van der Waals surface area contributed by atoms with Crippen LogP contribution in [0.2, 0.25) is 0 Å². The smallest absolute Gasteiger partial charge is 0.201 e. The van der Waals surface area contributed by atoms with E-state index in [-0.39, 0.29) is 0 Å². The molecule has 2 saturated carbocycles. The molecule has 1 heteroatoms. The minimum absolute atomic E-state index is 0.809. The van der Waals surface area contributed by atoms with Crippen molar-refractivity contribution in [3.8, 4) is 0 Å². The Morgan fingerprint density at radius 3 is 2.33 bits per heavy atom. The molecule has 1 nitrogen and oxygen atoms in total. The van der Waals surface area contributed by atoms with Gasteiger partial charge in [-0.1, -0.05) is 12.2 Å². The van der Waals surface area contributed by atoms with Gasteiger partial charge in [-0.2, -0.15) is 0 Å². The van der Waals surface area contributed by atoms with E-state index in [4.69, 9.17) is 0 Å². The summed E-state index contributed by atoms with van der Waals surface area (Å²) in [6, 6.07) is 2.37. The Morgan fingerprint density at radius 2 is 1.62 bits per heavy atom. The first kappa shape index (κ1) is 13.3. The normalized spacial score (nSPS) is 33.7. The average molecular weight is 280 g/mol. The van der Waals surface area contributed by atoms with E-state index in [0.29, 0.717) is 0 Å². The maximum atomic E-state index is 2.62. The molecule has 1 aromatic heterocycles. The Hall–Kier alpha value is -1.37. The zero-order valence-electron chi connectivity index (χ0n) is 13.7. The number of allylic oxidation sites excluding steroid dienone is 4. The Kier molecular flexibility index (Phi) is 2.89. The number of fused-ring (bicyclic) bond motifs is 5. The first-order valence-electron chi connectivity index (χ1n) is 8.42. The van der Waals surface area contributed by atoms with Gasteiger partial charge in [0.25, 0.3) is 0 Å². The fourth-order valence-electron chi connectivity index (χ4n) is 5.01. The third kappa shape index (κ3) is 1.93. The zero-order chi connectivity index (χ0) is 14.7. The number of aryl methyl sites for hydroxylation is 3. The summed E-state index contributed by atoms with van der Waals surface area (Å²) < 4.78 is 2.30. The van der Waals surface area contributed by atoms with E-state index in [1.54, 1.807) is 0 Å². The molecule has 0 radical (unpaired) electrons. The summed E-state index contributed by atoms with van der Waals surface area (Å²) in [6.45, 7) is 6.73. The highest BCUT2D eigenvalue weighted by Gasteiger charge is 2.47. The molecule has 0 aliphatic heterocycles. The van der Waals surface area contributed by atoms with Gasteiger partial charge in [-0.3, -0.25) is 0 Å². The summed E-state index contributed by atoms with van der Waals surface area (Å²) in [5, 5.41) is 0. The van der Waals surface area contributed by atoms with Crippen molar-refractivity contribution < 1.29 is 4.57 Å². The van der Waals surface area contributed by atoms with Crippen LogP contribution in [0.15, 0.2) is 30.0 Å². The third-order valence-corrected chi connectivity index (χ3v) is 6.29. The molecule has 3 aliphatic carbocycles. The van der Waals surface area contributed by atoms with E-state index in [9.17, 15) is 0 Å². The van der Waals surface area contributed by atoms with Crippen LogP contribution in [0.25, 0.3) is 5.57 Å². The Bertz CT molecular complexity index is 665. The summed E-state index contributed by atoms with van der Waals surface area (Å²) in [7, 11) is 2.18. The van der Waals surface area contributed by atoms with E-state index in [0.717, 1.165) is 23.7 Å². The van der Waals surface area contributed by atoms with Gasteiger partial charge in [0.2, 0.25) is 5.69 Å². The van der Waals surface area contributed by atoms with Crippen LogP contribution in [0.5, 0.6) is 0 Å². The lowest BCUT2D eigenvalue weighted by Crippen LogP contribution is -2.34. The lowest BCUT2D eigenvalue weighted by atomic mass is 9.73. The molecule has 4 rings (SSSR count). The van der Waals surface area contributed by atoms with E-state index in [1.165, 1.54) is 47.2 Å². The highest BCUT2D eigenvalue weighted by Crippen LogP contribution is 2.56. The van der Waals surface area contributed by atoms with Crippen molar-refractivity contribution in [2.75, 3.05) is 0 Å². The molecule has 0 spiro atoms. The summed E-state index contributed by atoms with van der Waals surface area (Å²) in [6.07, 6.45) is 11.9. The predicted octanol–water partition coefficient (Wildman–Crippen LogP) is 4.13. The molecule has 21 heavy (non-hydrogen) atoms. The topological polar surface area (TPSA) is 3.88 Å². The Morgan fingerprint density at radius 1 is 0.952 bits per heavy atom. The minimum Gasteiger partial charge on any atom is -0.201 e. The van der Waals surface area contributed by atoms with Gasteiger partial charge in [0.15, 0.2) is 6.20 Å². The van der Waals surface area contributed by atoms with Crippen LogP contribution in [0, 0.1) is 37.5 Å². The average Bonchev–Trinajstić information content (AvgIpc) is 3.04. The molecule has 0 aromatic carbocycles. The van der Waals surface area contributed by atoms with Crippen LogP contribution in [-0.4, -0.2) is 0 Å². The second-order valence-corrected chi connectivity index (χ2v) is 7.55. The van der Waals surface area contributed by atoms with E-state index < -0.39 is 0 Å². The van der Waals surface area contributed by atoms with Crippen molar-refractivity contribution in [2.45, 2.75) is 40.0 Å². The van der Waals surface area contributed by atoms with Gasteiger partial charge in [-0.05, 0) is 74.8 Å². The quantitative estimate of drug-likeness (QED) is 0.681. The van der Waals surface area contributed by atoms with Gasteiger partial charge in [0.05, 0.1) is 0 Å². The van der Waals surface area contributed by atoms with Gasteiger partial charge in [-0.15, -0.1) is 0 Å². The van der Waals surface area contributed by atoms with Gasteiger partial charge < -0.3 is 0 Å². The second-order valence-electron chi connectivity index (χ2n) is 7.55. The fourth-order valence-corrected chi connectivity index (χ4v) is 5.01. The van der Waals surface area contributed by atoms with E-state index in [1.807, 2.05) is 0 Å². The zero-order valence-corrected chi connectivity index (χ0v) is 13.7. The molecular formula is C20H26N+. The van der Waals surface area contributed by atoms with Gasteiger partial charge >= 0.3 is 0 Å². The van der Waals surface area contributed by atoms with Crippen LogP contribution in [0.4, 0.5) is 0 Å². The van der Waals surface area contributed by atoms with Crippen molar-refractivity contribution in [3.63, 3.8) is 0 Å². The van der Waals surface area contributed by atoms with Gasteiger partial charge in [-0.25, -0.2) is 4.57 Å². The van der Waals surface area contributed by atoms with Crippen LogP contribution in [0.1, 0.15) is 43.0 Å². The van der Waals surface area contributed by atoms with Crippen LogP contribution in [-0.2, 0) is 7.05 Å². The maximum Gasteiger partial charge on any atom is 0.212 e. The maximum absolute atomic E-state index is 2.62. The molecule has 1 aromatic rings. The number of nitrogens with zero attached hydrogens (tertiary/aromatic N) is 1. The van der Waals surface area contributed by atoms with Crippen molar-refractivity contribution >= 4 is 5.57 Å². The van der Waals surface area contributed by atoms with Crippen LogP contribution < -0.4 is 4.57 Å². The number of rotatable bonds is 1. The molecule has 2 bridgehead atoms. The fraction of sp³-hybridized carbons (Fsp3) is 0.550. The largest absolute Gasteiger partial charge is 0.212 e. The van der Waals surface area contributed by atoms with Crippen LogP contribution in [0.3, 0.4) is 0 Å². The number of pyridine rings is 1. The van der Waals surface area contributed by atoms with E-state index in [2.05, 4.69) is 56.8 Å². The Labute approximate surface area is 128 Å². The second kappa shape index (κ2) is 4.56. The van der Waals surface area contributed by atoms with Crippen molar-refractivity contribution in [3.05, 3.63) is 46.8 Å². The van der Waals surface area contributed by atoms with E-state index >= 15 is 0 Å². The van der Waals surface area contributed by atoms with Gasteiger partial charge in [0.1, 0.15) is 7.05 Å². The lowest BCUT2D eigenvalue weighted by Gasteiger charge is -2.31. The molecule has 2 fully saturated rings. The number of hydrogen-bond acceptors (Lipinski definition) is 0. The number of aromatic nitrogens is 1. The van der Waals surface area contributed by atoms with Gasteiger partial charge in [0, 0.05) is 17.2 Å². The summed E-state index contributed by atoms with van der Waals surface area (Å²) >= 11 is 0. The van der Waals surface area contributed by atoms with Crippen LogP contribution >= 0.6 is 0 Å². The molecule has 3 aliphatic rings. The molecule has 4 unspecified atom stereocenters. The molecular weight excluding hydrogens is 254 g/mol. The summed E-state index contributed by atoms with van der Waals surface area (Å²) in [4.78, 5) is 0. The van der Waals surface area contributed by atoms with Crippen molar-refractivity contribution in [1.82, 2.24) is 0 Å².